The number of furan rings is 1. The highest BCUT2D eigenvalue weighted by Gasteiger charge is 2.16. The van der Waals surface area contributed by atoms with Crippen molar-refractivity contribution in [3.05, 3.63) is 58.3 Å². The molecule has 1 aromatic carbocycles. The van der Waals surface area contributed by atoms with E-state index in [1.807, 2.05) is 0 Å². The lowest BCUT2D eigenvalue weighted by atomic mass is 10.0. The molecule has 0 saturated carbocycles. The van der Waals surface area contributed by atoms with Gasteiger partial charge in [-0.1, -0.05) is 6.07 Å². The third-order valence-electron chi connectivity index (χ3n) is 2.39. The van der Waals surface area contributed by atoms with Crippen LogP contribution in [0.25, 0.3) is 0 Å². The zero-order chi connectivity index (χ0) is 11.7. The summed E-state index contributed by atoms with van der Waals surface area (Å²) >= 11 is 5.62. The second-order valence-electron chi connectivity index (χ2n) is 3.55. The van der Waals surface area contributed by atoms with Crippen molar-refractivity contribution in [3.8, 4) is 0 Å². The van der Waals surface area contributed by atoms with Gasteiger partial charge in [-0.2, -0.15) is 0 Å². The summed E-state index contributed by atoms with van der Waals surface area (Å²) in [6.07, 6.45) is -0.923. The van der Waals surface area contributed by atoms with Crippen LogP contribution in [0.2, 0.25) is 5.22 Å². The van der Waals surface area contributed by atoms with E-state index in [2.05, 4.69) is 0 Å². The molecular formula is C12H10ClFO2. The maximum absolute atomic E-state index is 12.9. The van der Waals surface area contributed by atoms with Gasteiger partial charge in [0.1, 0.15) is 17.7 Å². The Kier molecular flexibility index (Phi) is 2.99. The maximum Gasteiger partial charge on any atom is 0.193 e. The van der Waals surface area contributed by atoms with Crippen LogP contribution in [0, 0.1) is 12.7 Å². The van der Waals surface area contributed by atoms with Crippen LogP contribution in [0.3, 0.4) is 0 Å². The molecule has 0 aliphatic heterocycles. The highest BCUT2D eigenvalue weighted by molar-refractivity contribution is 6.28. The van der Waals surface area contributed by atoms with E-state index in [0.29, 0.717) is 16.9 Å². The predicted octanol–water partition coefficient (Wildman–Crippen LogP) is 3.46. The van der Waals surface area contributed by atoms with Gasteiger partial charge in [-0.15, -0.1) is 0 Å². The zero-order valence-corrected chi connectivity index (χ0v) is 9.33. The lowest BCUT2D eigenvalue weighted by Crippen LogP contribution is -2.01. The van der Waals surface area contributed by atoms with Crippen LogP contribution in [0.5, 0.6) is 0 Å². The molecule has 2 aromatic rings. The van der Waals surface area contributed by atoms with E-state index in [1.165, 1.54) is 18.2 Å². The second kappa shape index (κ2) is 4.28. The molecule has 16 heavy (non-hydrogen) atoms. The van der Waals surface area contributed by atoms with E-state index in [4.69, 9.17) is 16.0 Å². The summed E-state index contributed by atoms with van der Waals surface area (Å²) < 4.78 is 18.0. The van der Waals surface area contributed by atoms with Crippen molar-refractivity contribution in [2.45, 2.75) is 13.0 Å². The minimum absolute atomic E-state index is 0.216. The SMILES string of the molecule is Cc1cc(F)ccc1C(O)c1ccc(Cl)o1. The topological polar surface area (TPSA) is 33.4 Å². The molecule has 2 nitrogen and oxygen atoms in total. The predicted molar refractivity (Wildman–Crippen MR) is 58.9 cm³/mol. The Bertz CT molecular complexity index is 507. The fourth-order valence-corrected chi connectivity index (χ4v) is 1.73. The van der Waals surface area contributed by atoms with Crippen LogP contribution >= 0.6 is 11.6 Å². The molecule has 1 atom stereocenters. The fraction of sp³-hybridized carbons (Fsp3) is 0.167. The monoisotopic (exact) mass is 240 g/mol. The molecular weight excluding hydrogens is 231 g/mol. The molecule has 0 fully saturated rings. The quantitative estimate of drug-likeness (QED) is 0.872. The molecule has 0 bridgehead atoms. The van der Waals surface area contributed by atoms with Crippen LogP contribution in [0.15, 0.2) is 34.7 Å². The summed E-state index contributed by atoms with van der Waals surface area (Å²) in [7, 11) is 0. The largest absolute Gasteiger partial charge is 0.447 e. The number of rotatable bonds is 2. The Labute approximate surface area is 97.3 Å². The van der Waals surface area contributed by atoms with Gasteiger partial charge in [-0.25, -0.2) is 4.39 Å². The van der Waals surface area contributed by atoms with Gasteiger partial charge in [0.15, 0.2) is 5.22 Å². The highest BCUT2D eigenvalue weighted by Crippen LogP contribution is 2.27. The fourth-order valence-electron chi connectivity index (χ4n) is 1.57. The summed E-state index contributed by atoms with van der Waals surface area (Å²) in [5.74, 6) is 0.0191. The lowest BCUT2D eigenvalue weighted by Gasteiger charge is -2.11. The van der Waals surface area contributed by atoms with Gasteiger partial charge in [-0.05, 0) is 53.9 Å². The van der Waals surface area contributed by atoms with E-state index in [9.17, 15) is 9.50 Å². The Morgan fingerprint density at radius 3 is 2.62 bits per heavy atom. The summed E-state index contributed by atoms with van der Waals surface area (Å²) in [5, 5.41) is 10.2. The van der Waals surface area contributed by atoms with Crippen molar-refractivity contribution < 1.29 is 13.9 Å². The van der Waals surface area contributed by atoms with E-state index in [1.54, 1.807) is 19.1 Å². The molecule has 84 valence electrons. The third-order valence-corrected chi connectivity index (χ3v) is 2.59. The first-order valence-corrected chi connectivity index (χ1v) is 5.15. The van der Waals surface area contributed by atoms with Crippen LogP contribution < -0.4 is 0 Å². The van der Waals surface area contributed by atoms with Gasteiger partial charge < -0.3 is 9.52 Å². The van der Waals surface area contributed by atoms with Gasteiger partial charge in [-0.3, -0.25) is 0 Å². The number of hydrogen-bond acceptors (Lipinski definition) is 2. The Morgan fingerprint density at radius 2 is 2.06 bits per heavy atom. The first-order chi connectivity index (χ1) is 7.58. The molecule has 1 aromatic heterocycles. The van der Waals surface area contributed by atoms with Gasteiger partial charge in [0, 0.05) is 0 Å². The van der Waals surface area contributed by atoms with Gasteiger partial charge in [0.25, 0.3) is 0 Å². The van der Waals surface area contributed by atoms with Crippen molar-refractivity contribution >= 4 is 11.6 Å². The summed E-state index contributed by atoms with van der Waals surface area (Å²) in [6, 6.07) is 7.35. The van der Waals surface area contributed by atoms with E-state index < -0.39 is 6.10 Å². The number of halogens is 2. The molecule has 0 amide bonds. The number of aliphatic hydroxyl groups is 1. The van der Waals surface area contributed by atoms with E-state index >= 15 is 0 Å². The smallest absolute Gasteiger partial charge is 0.193 e. The normalized spacial score (nSPS) is 12.8. The van der Waals surface area contributed by atoms with Gasteiger partial charge in [0.05, 0.1) is 0 Å². The van der Waals surface area contributed by atoms with Crippen molar-refractivity contribution in [2.24, 2.45) is 0 Å². The molecule has 1 heterocycles. The van der Waals surface area contributed by atoms with Crippen molar-refractivity contribution in [2.75, 3.05) is 0 Å². The van der Waals surface area contributed by atoms with Gasteiger partial charge in [0.2, 0.25) is 0 Å². The molecule has 0 saturated heterocycles. The summed E-state index contributed by atoms with van der Waals surface area (Å²) in [4.78, 5) is 0. The number of benzene rings is 1. The standard InChI is InChI=1S/C12H10ClFO2/c1-7-6-8(14)2-3-9(7)12(15)10-4-5-11(13)16-10/h2-6,12,15H,1H3. The van der Waals surface area contributed by atoms with Gasteiger partial charge >= 0.3 is 0 Å². The average molecular weight is 241 g/mol. The summed E-state index contributed by atoms with van der Waals surface area (Å²) in [6.45, 7) is 1.73. The van der Waals surface area contributed by atoms with Crippen LogP contribution in [-0.2, 0) is 0 Å². The molecule has 4 heteroatoms. The number of aryl methyl sites for hydroxylation is 1. The molecule has 0 aliphatic carbocycles. The molecule has 1 N–H and O–H groups in total. The summed E-state index contributed by atoms with van der Waals surface area (Å²) in [5.41, 5.74) is 1.27. The highest BCUT2D eigenvalue weighted by atomic mass is 35.5. The van der Waals surface area contributed by atoms with Crippen molar-refractivity contribution in [1.29, 1.82) is 0 Å². The van der Waals surface area contributed by atoms with Crippen molar-refractivity contribution in [1.82, 2.24) is 0 Å². The Hall–Kier alpha value is -1.32. The average Bonchev–Trinajstić information content (AvgIpc) is 2.64. The minimum Gasteiger partial charge on any atom is -0.447 e. The first-order valence-electron chi connectivity index (χ1n) is 4.77. The zero-order valence-electron chi connectivity index (χ0n) is 8.58. The lowest BCUT2D eigenvalue weighted by molar-refractivity contribution is 0.189. The second-order valence-corrected chi connectivity index (χ2v) is 3.92. The van der Waals surface area contributed by atoms with E-state index in [0.717, 1.165) is 0 Å². The molecule has 2 rings (SSSR count). The first kappa shape index (κ1) is 11.2. The minimum atomic E-state index is -0.923. The maximum atomic E-state index is 12.9. The van der Waals surface area contributed by atoms with Crippen molar-refractivity contribution in [3.63, 3.8) is 0 Å². The molecule has 0 radical (unpaired) electrons. The molecule has 1 unspecified atom stereocenters. The molecule has 0 aliphatic rings. The number of hydrogen-bond donors (Lipinski definition) is 1. The van der Waals surface area contributed by atoms with Crippen LogP contribution in [-0.4, -0.2) is 5.11 Å². The van der Waals surface area contributed by atoms with E-state index in [-0.39, 0.29) is 11.0 Å². The molecule has 0 spiro atoms. The van der Waals surface area contributed by atoms with Crippen LogP contribution in [0.4, 0.5) is 4.39 Å². The van der Waals surface area contributed by atoms with Crippen LogP contribution in [0.1, 0.15) is 23.0 Å². The number of aliphatic hydroxyl groups excluding tert-OH is 1. The third kappa shape index (κ3) is 2.10. The Morgan fingerprint density at radius 1 is 1.31 bits per heavy atom. The Balaban J connectivity index is 2.37.